The summed E-state index contributed by atoms with van der Waals surface area (Å²) in [6.45, 7) is 3.02. The Hall–Kier alpha value is -0.900. The van der Waals surface area contributed by atoms with Crippen molar-refractivity contribution in [1.29, 1.82) is 0 Å². The quantitative estimate of drug-likeness (QED) is 0.778. The van der Waals surface area contributed by atoms with Crippen molar-refractivity contribution in [2.75, 3.05) is 7.05 Å². The van der Waals surface area contributed by atoms with Gasteiger partial charge in [-0.05, 0) is 31.5 Å². The fourth-order valence-electron chi connectivity index (χ4n) is 1.69. The van der Waals surface area contributed by atoms with Crippen LogP contribution in [0.15, 0.2) is 35.8 Å². The molecule has 0 spiro atoms. The highest BCUT2D eigenvalue weighted by Gasteiger charge is 2.14. The van der Waals surface area contributed by atoms with Gasteiger partial charge in [-0.15, -0.1) is 11.3 Å². The van der Waals surface area contributed by atoms with Crippen LogP contribution < -0.4 is 0 Å². The molecule has 0 fully saturated rings. The zero-order chi connectivity index (χ0) is 12.3. The first kappa shape index (κ1) is 12.6. The fourth-order valence-corrected chi connectivity index (χ4v) is 2.72. The van der Waals surface area contributed by atoms with Crippen LogP contribution in [0.5, 0.6) is 0 Å². The Bertz CT molecular complexity index is 470. The van der Waals surface area contributed by atoms with E-state index in [1.54, 1.807) is 17.5 Å². The smallest absolute Gasteiger partial charge is 0.133 e. The van der Waals surface area contributed by atoms with E-state index in [9.17, 15) is 0 Å². The first-order chi connectivity index (χ1) is 8.18. The van der Waals surface area contributed by atoms with E-state index in [1.165, 1.54) is 4.88 Å². The van der Waals surface area contributed by atoms with Crippen LogP contribution >= 0.6 is 22.9 Å². The molecule has 0 amide bonds. The summed E-state index contributed by atoms with van der Waals surface area (Å²) >= 11 is 7.85. The third-order valence-electron chi connectivity index (χ3n) is 2.87. The molecular formula is C13H15ClN2S. The topological polar surface area (TPSA) is 16.1 Å². The van der Waals surface area contributed by atoms with E-state index < -0.39 is 0 Å². The van der Waals surface area contributed by atoms with E-state index in [4.69, 9.17) is 11.6 Å². The molecule has 0 aliphatic rings. The van der Waals surface area contributed by atoms with Crippen LogP contribution in [0.2, 0.25) is 5.15 Å². The van der Waals surface area contributed by atoms with Crippen molar-refractivity contribution in [3.05, 3.63) is 51.4 Å². The molecule has 2 aromatic rings. The van der Waals surface area contributed by atoms with Crippen molar-refractivity contribution < 1.29 is 0 Å². The van der Waals surface area contributed by atoms with Crippen molar-refractivity contribution in [1.82, 2.24) is 9.88 Å². The van der Waals surface area contributed by atoms with Gasteiger partial charge >= 0.3 is 0 Å². The molecule has 0 radical (unpaired) electrons. The highest BCUT2D eigenvalue weighted by molar-refractivity contribution is 7.10. The van der Waals surface area contributed by atoms with E-state index in [1.807, 2.05) is 12.1 Å². The van der Waals surface area contributed by atoms with Crippen LogP contribution in [0, 0.1) is 0 Å². The van der Waals surface area contributed by atoms with Crippen molar-refractivity contribution in [3.63, 3.8) is 0 Å². The predicted octanol–water partition coefficient (Wildman–Crippen LogP) is 3.99. The number of aromatic nitrogens is 1. The van der Waals surface area contributed by atoms with Gasteiger partial charge in [-0.3, -0.25) is 4.90 Å². The number of rotatable bonds is 4. The maximum Gasteiger partial charge on any atom is 0.133 e. The molecule has 2 nitrogen and oxygen atoms in total. The number of nitrogens with zero attached hydrogens (tertiary/aromatic N) is 2. The van der Waals surface area contributed by atoms with E-state index in [0.29, 0.717) is 11.2 Å². The summed E-state index contributed by atoms with van der Waals surface area (Å²) in [6.07, 6.45) is 1.72. The van der Waals surface area contributed by atoms with Crippen LogP contribution in [0.1, 0.15) is 23.4 Å². The van der Waals surface area contributed by atoms with E-state index in [2.05, 4.69) is 41.4 Å². The van der Waals surface area contributed by atoms with Gasteiger partial charge in [-0.2, -0.15) is 0 Å². The van der Waals surface area contributed by atoms with E-state index in [-0.39, 0.29) is 0 Å². The molecule has 0 N–H and O–H groups in total. The molecule has 0 aromatic carbocycles. The summed E-state index contributed by atoms with van der Waals surface area (Å²) in [5, 5.41) is 2.70. The summed E-state index contributed by atoms with van der Waals surface area (Å²) in [6, 6.07) is 8.59. The Kier molecular flexibility index (Phi) is 4.15. The lowest BCUT2D eigenvalue weighted by molar-refractivity contribution is 0.256. The Morgan fingerprint density at radius 1 is 1.41 bits per heavy atom. The minimum Gasteiger partial charge on any atom is -0.294 e. The van der Waals surface area contributed by atoms with Gasteiger partial charge in [0.05, 0.1) is 0 Å². The molecule has 90 valence electrons. The molecule has 0 saturated heterocycles. The molecule has 2 aromatic heterocycles. The predicted molar refractivity (Wildman–Crippen MR) is 73.4 cm³/mol. The minimum absolute atomic E-state index is 0.395. The van der Waals surface area contributed by atoms with Crippen LogP contribution in [-0.2, 0) is 6.54 Å². The van der Waals surface area contributed by atoms with Crippen molar-refractivity contribution in [2.45, 2.75) is 19.5 Å². The average molecular weight is 267 g/mol. The third-order valence-corrected chi connectivity index (χ3v) is 4.26. The summed E-state index contributed by atoms with van der Waals surface area (Å²) in [7, 11) is 2.10. The lowest BCUT2D eigenvalue weighted by atomic mass is 10.2. The molecule has 2 rings (SSSR count). The molecule has 0 aliphatic heterocycles. The third kappa shape index (κ3) is 3.06. The van der Waals surface area contributed by atoms with Gasteiger partial charge < -0.3 is 0 Å². The molecular weight excluding hydrogens is 252 g/mol. The summed E-state index contributed by atoms with van der Waals surface area (Å²) in [4.78, 5) is 7.74. The van der Waals surface area contributed by atoms with Crippen LogP contribution in [-0.4, -0.2) is 16.9 Å². The van der Waals surface area contributed by atoms with Crippen LogP contribution in [0.4, 0.5) is 0 Å². The van der Waals surface area contributed by atoms with Gasteiger partial charge in [-0.1, -0.05) is 23.7 Å². The maximum absolute atomic E-state index is 6.06. The summed E-state index contributed by atoms with van der Waals surface area (Å²) in [5.74, 6) is 0. The number of pyridine rings is 1. The Balaban J connectivity index is 2.07. The second kappa shape index (κ2) is 5.63. The molecule has 4 heteroatoms. The number of hydrogen-bond acceptors (Lipinski definition) is 3. The van der Waals surface area contributed by atoms with Crippen molar-refractivity contribution >= 4 is 22.9 Å². The van der Waals surface area contributed by atoms with Gasteiger partial charge in [0.25, 0.3) is 0 Å². The first-order valence-corrected chi connectivity index (χ1v) is 6.77. The molecule has 0 bridgehead atoms. The summed E-state index contributed by atoms with van der Waals surface area (Å²) in [5.41, 5.74) is 1.07. The number of thiophene rings is 1. The van der Waals surface area contributed by atoms with Gasteiger partial charge in [0.2, 0.25) is 0 Å². The van der Waals surface area contributed by atoms with Crippen LogP contribution in [0.3, 0.4) is 0 Å². The Morgan fingerprint density at radius 2 is 2.24 bits per heavy atom. The van der Waals surface area contributed by atoms with Crippen LogP contribution in [0.25, 0.3) is 0 Å². The minimum atomic E-state index is 0.395. The molecule has 0 aliphatic carbocycles. The van der Waals surface area contributed by atoms with Crippen molar-refractivity contribution in [3.8, 4) is 0 Å². The van der Waals surface area contributed by atoms with Gasteiger partial charge in [-0.25, -0.2) is 4.98 Å². The summed E-state index contributed by atoms with van der Waals surface area (Å²) < 4.78 is 0. The van der Waals surface area contributed by atoms with Gasteiger partial charge in [0, 0.05) is 29.2 Å². The highest BCUT2D eigenvalue weighted by atomic mass is 35.5. The lowest BCUT2D eigenvalue weighted by Crippen LogP contribution is -2.21. The average Bonchev–Trinajstić information content (AvgIpc) is 2.84. The molecule has 17 heavy (non-hydrogen) atoms. The van der Waals surface area contributed by atoms with Crippen molar-refractivity contribution in [2.24, 2.45) is 0 Å². The highest BCUT2D eigenvalue weighted by Crippen LogP contribution is 2.25. The normalized spacial score (nSPS) is 12.9. The molecule has 1 atom stereocenters. The number of hydrogen-bond donors (Lipinski definition) is 0. The maximum atomic E-state index is 6.06. The molecule has 1 unspecified atom stereocenters. The zero-order valence-corrected chi connectivity index (χ0v) is 11.5. The SMILES string of the molecule is CC(c1cccs1)N(C)Cc1cccnc1Cl. The Morgan fingerprint density at radius 3 is 2.88 bits per heavy atom. The lowest BCUT2D eigenvalue weighted by Gasteiger charge is -2.24. The van der Waals surface area contributed by atoms with Gasteiger partial charge in [0.15, 0.2) is 0 Å². The monoisotopic (exact) mass is 266 g/mol. The molecule has 0 saturated carbocycles. The Labute approximate surface area is 111 Å². The standard InChI is InChI=1S/C13H15ClN2S/c1-10(12-6-4-8-17-12)16(2)9-11-5-3-7-15-13(11)14/h3-8,10H,9H2,1-2H3. The van der Waals surface area contributed by atoms with E-state index in [0.717, 1.165) is 12.1 Å². The van der Waals surface area contributed by atoms with Gasteiger partial charge in [0.1, 0.15) is 5.15 Å². The second-order valence-electron chi connectivity index (χ2n) is 4.06. The fraction of sp³-hybridized carbons (Fsp3) is 0.308. The van der Waals surface area contributed by atoms with E-state index >= 15 is 0 Å². The zero-order valence-electron chi connectivity index (χ0n) is 9.93. The number of halogens is 1. The second-order valence-corrected chi connectivity index (χ2v) is 5.40. The largest absolute Gasteiger partial charge is 0.294 e. The molecule has 2 heterocycles. The first-order valence-electron chi connectivity index (χ1n) is 5.51.